The maximum absolute atomic E-state index is 13.0. The van der Waals surface area contributed by atoms with E-state index in [1.807, 2.05) is 23.9 Å². The quantitative estimate of drug-likeness (QED) is 0.554. The summed E-state index contributed by atoms with van der Waals surface area (Å²) in [5.41, 5.74) is 5.55. The molecule has 146 valence electrons. The monoisotopic (exact) mass is 387 g/mol. The third kappa shape index (κ3) is 3.51. The van der Waals surface area contributed by atoms with Gasteiger partial charge in [-0.1, -0.05) is 35.0 Å². The maximum atomic E-state index is 13.0. The highest BCUT2D eigenvalue weighted by Gasteiger charge is 2.28. The van der Waals surface area contributed by atoms with E-state index in [1.165, 1.54) is 5.56 Å². The van der Waals surface area contributed by atoms with Gasteiger partial charge < -0.3 is 9.84 Å². The summed E-state index contributed by atoms with van der Waals surface area (Å²) in [6.45, 7) is 4.53. The van der Waals surface area contributed by atoms with Crippen molar-refractivity contribution >= 4 is 22.7 Å². The number of aryl methyl sites for hydroxylation is 2. The van der Waals surface area contributed by atoms with Crippen LogP contribution >= 0.6 is 0 Å². The fraction of sp³-hybridized carbons (Fsp3) is 0.273. The highest BCUT2D eigenvalue weighted by Crippen LogP contribution is 2.40. The standard InChI is InChI=1S/C22H21N5O2/c1-13-3-5-15(6-4-13)11-27-12-17(10-23-27)24-21(28)18-9-19(16-7-8-16)25-22-20(18)14(2)26-29-22/h3-6,9-10,12,16H,7-8,11H2,1-2H3,(H,24,28). The van der Waals surface area contributed by atoms with Crippen LogP contribution in [-0.4, -0.2) is 25.8 Å². The molecular weight excluding hydrogens is 366 g/mol. The van der Waals surface area contributed by atoms with Crippen molar-refractivity contribution < 1.29 is 9.32 Å². The number of aromatic nitrogens is 4. The largest absolute Gasteiger partial charge is 0.336 e. The van der Waals surface area contributed by atoms with Crippen molar-refractivity contribution in [1.82, 2.24) is 19.9 Å². The number of benzene rings is 1. The fourth-order valence-corrected chi connectivity index (χ4v) is 3.47. The third-order valence-electron chi connectivity index (χ3n) is 5.23. The minimum Gasteiger partial charge on any atom is -0.336 e. The summed E-state index contributed by atoms with van der Waals surface area (Å²) in [4.78, 5) is 17.6. The number of nitrogens with one attached hydrogen (secondary N) is 1. The predicted molar refractivity (Wildman–Crippen MR) is 109 cm³/mol. The molecule has 4 aromatic rings. The Morgan fingerprint density at radius 3 is 2.79 bits per heavy atom. The van der Waals surface area contributed by atoms with Gasteiger partial charge in [-0.2, -0.15) is 5.10 Å². The van der Waals surface area contributed by atoms with E-state index in [2.05, 4.69) is 51.7 Å². The Morgan fingerprint density at radius 2 is 2.03 bits per heavy atom. The van der Waals surface area contributed by atoms with Crippen molar-refractivity contribution in [3.8, 4) is 0 Å². The highest BCUT2D eigenvalue weighted by atomic mass is 16.5. The average molecular weight is 387 g/mol. The SMILES string of the molecule is Cc1ccc(Cn2cc(NC(=O)c3cc(C4CC4)nc4onc(C)c34)cn2)cc1. The average Bonchev–Trinajstić information content (AvgIpc) is 3.38. The van der Waals surface area contributed by atoms with Gasteiger partial charge in [0.25, 0.3) is 11.6 Å². The molecule has 0 atom stereocenters. The number of amides is 1. The van der Waals surface area contributed by atoms with Gasteiger partial charge in [-0.3, -0.25) is 9.48 Å². The van der Waals surface area contributed by atoms with E-state index >= 15 is 0 Å². The third-order valence-corrected chi connectivity index (χ3v) is 5.23. The Hall–Kier alpha value is -3.48. The van der Waals surface area contributed by atoms with Gasteiger partial charge in [0, 0.05) is 17.8 Å². The van der Waals surface area contributed by atoms with E-state index in [-0.39, 0.29) is 5.91 Å². The molecule has 1 aromatic carbocycles. The number of hydrogen-bond acceptors (Lipinski definition) is 5. The molecule has 3 heterocycles. The van der Waals surface area contributed by atoms with E-state index in [9.17, 15) is 4.79 Å². The lowest BCUT2D eigenvalue weighted by atomic mass is 10.1. The van der Waals surface area contributed by atoms with Crippen LogP contribution in [0.3, 0.4) is 0 Å². The molecule has 0 aliphatic heterocycles. The zero-order chi connectivity index (χ0) is 20.0. The second kappa shape index (κ2) is 6.84. The highest BCUT2D eigenvalue weighted by molar-refractivity contribution is 6.12. The number of rotatable bonds is 5. The molecule has 1 aliphatic carbocycles. The van der Waals surface area contributed by atoms with E-state index in [1.54, 1.807) is 6.20 Å². The molecule has 0 saturated heterocycles. The van der Waals surface area contributed by atoms with Crippen molar-refractivity contribution in [3.63, 3.8) is 0 Å². The van der Waals surface area contributed by atoms with Gasteiger partial charge in [0.15, 0.2) is 0 Å². The topological polar surface area (TPSA) is 85.8 Å². The Labute approximate surface area is 167 Å². The van der Waals surface area contributed by atoms with E-state index in [0.717, 1.165) is 24.1 Å². The van der Waals surface area contributed by atoms with Crippen molar-refractivity contribution in [2.24, 2.45) is 0 Å². The number of nitrogens with zero attached hydrogens (tertiary/aromatic N) is 4. The van der Waals surface area contributed by atoms with Gasteiger partial charge in [-0.15, -0.1) is 0 Å². The van der Waals surface area contributed by atoms with Gasteiger partial charge in [0.1, 0.15) is 0 Å². The van der Waals surface area contributed by atoms with E-state index in [4.69, 9.17) is 4.52 Å². The number of carbonyl (C=O) groups is 1. The number of anilines is 1. The van der Waals surface area contributed by atoms with Crippen LogP contribution in [0.25, 0.3) is 11.1 Å². The first-order valence-electron chi connectivity index (χ1n) is 9.73. The number of hydrogen-bond donors (Lipinski definition) is 1. The second-order valence-electron chi connectivity index (χ2n) is 7.68. The summed E-state index contributed by atoms with van der Waals surface area (Å²) in [5.74, 6) is 0.203. The first kappa shape index (κ1) is 17.6. The van der Waals surface area contributed by atoms with Crippen LogP contribution in [-0.2, 0) is 6.54 Å². The lowest BCUT2D eigenvalue weighted by Crippen LogP contribution is -2.13. The summed E-state index contributed by atoms with van der Waals surface area (Å²) < 4.78 is 7.14. The first-order chi connectivity index (χ1) is 14.1. The predicted octanol–water partition coefficient (Wildman–Crippen LogP) is 4.21. The van der Waals surface area contributed by atoms with Gasteiger partial charge in [-0.25, -0.2) is 4.98 Å². The van der Waals surface area contributed by atoms with Crippen LogP contribution in [0.1, 0.15) is 51.6 Å². The van der Waals surface area contributed by atoms with Gasteiger partial charge in [0.05, 0.1) is 35.1 Å². The van der Waals surface area contributed by atoms with Gasteiger partial charge in [0.2, 0.25) is 0 Å². The van der Waals surface area contributed by atoms with Gasteiger partial charge in [-0.05, 0) is 38.3 Å². The Kier molecular flexibility index (Phi) is 4.16. The van der Waals surface area contributed by atoms with Crippen LogP contribution in [0.5, 0.6) is 0 Å². The molecule has 0 spiro atoms. The lowest BCUT2D eigenvalue weighted by Gasteiger charge is -2.06. The minimum atomic E-state index is -0.208. The molecule has 1 fully saturated rings. The van der Waals surface area contributed by atoms with Gasteiger partial charge >= 0.3 is 0 Å². The Balaban J connectivity index is 1.39. The summed E-state index contributed by atoms with van der Waals surface area (Å²) in [5, 5.41) is 12.0. The maximum Gasteiger partial charge on any atom is 0.259 e. The van der Waals surface area contributed by atoms with Crippen molar-refractivity contribution in [2.45, 2.75) is 39.2 Å². The van der Waals surface area contributed by atoms with Crippen molar-refractivity contribution in [3.05, 3.63) is 70.8 Å². The van der Waals surface area contributed by atoms with E-state index in [0.29, 0.717) is 40.5 Å². The van der Waals surface area contributed by atoms with Crippen LogP contribution in [0.15, 0.2) is 47.2 Å². The lowest BCUT2D eigenvalue weighted by molar-refractivity contribution is 0.102. The molecule has 3 aromatic heterocycles. The normalized spacial score (nSPS) is 13.7. The smallest absolute Gasteiger partial charge is 0.259 e. The zero-order valence-corrected chi connectivity index (χ0v) is 16.3. The van der Waals surface area contributed by atoms with Crippen LogP contribution in [0.2, 0.25) is 0 Å². The van der Waals surface area contributed by atoms with E-state index < -0.39 is 0 Å². The molecule has 5 rings (SSSR count). The summed E-state index contributed by atoms with van der Waals surface area (Å²) >= 11 is 0. The first-order valence-corrected chi connectivity index (χ1v) is 9.73. The number of fused-ring (bicyclic) bond motifs is 1. The zero-order valence-electron chi connectivity index (χ0n) is 16.3. The summed E-state index contributed by atoms with van der Waals surface area (Å²) in [6, 6.07) is 10.2. The molecule has 0 bridgehead atoms. The molecule has 7 heteroatoms. The fourth-order valence-electron chi connectivity index (χ4n) is 3.47. The molecule has 7 nitrogen and oxygen atoms in total. The Morgan fingerprint density at radius 1 is 1.24 bits per heavy atom. The number of carbonyl (C=O) groups excluding carboxylic acids is 1. The molecule has 29 heavy (non-hydrogen) atoms. The summed E-state index contributed by atoms with van der Waals surface area (Å²) in [7, 11) is 0. The second-order valence-corrected chi connectivity index (χ2v) is 7.68. The molecule has 0 unspecified atom stereocenters. The molecule has 1 aliphatic rings. The molecule has 0 radical (unpaired) electrons. The van der Waals surface area contributed by atoms with Crippen LogP contribution < -0.4 is 5.32 Å². The van der Waals surface area contributed by atoms with Crippen LogP contribution in [0, 0.1) is 13.8 Å². The number of pyridine rings is 1. The Bertz CT molecular complexity index is 1200. The molecule has 1 amide bonds. The molecular formula is C22H21N5O2. The molecule has 1 saturated carbocycles. The van der Waals surface area contributed by atoms with Crippen molar-refractivity contribution in [2.75, 3.05) is 5.32 Å². The van der Waals surface area contributed by atoms with Crippen LogP contribution in [0.4, 0.5) is 5.69 Å². The summed E-state index contributed by atoms with van der Waals surface area (Å²) in [6.07, 6.45) is 5.68. The minimum absolute atomic E-state index is 0.208. The van der Waals surface area contributed by atoms with Crippen molar-refractivity contribution in [1.29, 1.82) is 0 Å². The molecule has 1 N–H and O–H groups in total.